The lowest BCUT2D eigenvalue weighted by Crippen LogP contribution is -2.04. The Hall–Kier alpha value is -2.07. The van der Waals surface area contributed by atoms with Crippen molar-refractivity contribution < 1.29 is 14.3 Å². The van der Waals surface area contributed by atoms with Gasteiger partial charge in [0, 0.05) is 17.3 Å². The van der Waals surface area contributed by atoms with E-state index in [2.05, 4.69) is 5.32 Å². The minimum absolute atomic E-state index is 0.357. The summed E-state index contributed by atoms with van der Waals surface area (Å²) < 4.78 is 13.2. The fraction of sp³-hybridized carbons (Fsp3) is 0.0714. The van der Waals surface area contributed by atoms with E-state index in [-0.39, 0.29) is 5.56 Å². The van der Waals surface area contributed by atoms with Gasteiger partial charge in [-0.15, -0.1) is 0 Å². The van der Waals surface area contributed by atoms with Crippen LogP contribution in [0, 0.1) is 5.82 Å². The van der Waals surface area contributed by atoms with Gasteiger partial charge in [0.1, 0.15) is 5.82 Å². The van der Waals surface area contributed by atoms with Crippen molar-refractivity contribution in [3.05, 3.63) is 64.4 Å². The summed E-state index contributed by atoms with van der Waals surface area (Å²) in [5.41, 5.74) is 1.05. The third-order valence-corrected chi connectivity index (χ3v) is 3.01. The number of nitrogens with one attached hydrogen (secondary N) is 1. The van der Waals surface area contributed by atoms with Crippen LogP contribution in [0.25, 0.3) is 0 Å². The minimum atomic E-state index is -1.29. The van der Waals surface area contributed by atoms with Crippen LogP contribution in [0.1, 0.15) is 15.9 Å². The molecule has 3 nitrogen and oxygen atoms in total. The van der Waals surface area contributed by atoms with Gasteiger partial charge in [-0.05, 0) is 29.8 Å². The molecular weight excluding hydrogens is 269 g/mol. The summed E-state index contributed by atoms with van der Waals surface area (Å²) in [5, 5.41) is 12.5. The second-order valence-corrected chi connectivity index (χ2v) is 4.35. The molecule has 0 aliphatic carbocycles. The van der Waals surface area contributed by atoms with E-state index >= 15 is 0 Å². The molecule has 2 aromatic rings. The number of aromatic carboxylic acids is 1. The van der Waals surface area contributed by atoms with Crippen molar-refractivity contribution >= 4 is 23.3 Å². The maximum Gasteiger partial charge on any atom is 0.338 e. The van der Waals surface area contributed by atoms with Gasteiger partial charge in [-0.1, -0.05) is 29.8 Å². The first-order valence-electron chi connectivity index (χ1n) is 5.58. The Kier molecular flexibility index (Phi) is 4.02. The summed E-state index contributed by atoms with van der Waals surface area (Å²) in [6.07, 6.45) is 0. The van der Waals surface area contributed by atoms with Gasteiger partial charge in [-0.3, -0.25) is 0 Å². The number of carbonyl (C=O) groups is 1. The highest BCUT2D eigenvalue weighted by Gasteiger charge is 2.10. The maximum atomic E-state index is 13.2. The molecule has 0 aromatic heterocycles. The highest BCUT2D eigenvalue weighted by Crippen LogP contribution is 2.19. The summed E-state index contributed by atoms with van der Waals surface area (Å²) in [5.74, 6) is -2.05. The summed E-state index contributed by atoms with van der Waals surface area (Å²) in [6.45, 7) is 0.435. The molecule has 0 saturated carbocycles. The Morgan fingerprint density at radius 2 is 2.00 bits per heavy atom. The quantitative estimate of drug-likeness (QED) is 0.895. The van der Waals surface area contributed by atoms with Crippen molar-refractivity contribution in [1.82, 2.24) is 0 Å². The molecule has 2 N–H and O–H groups in total. The second kappa shape index (κ2) is 5.71. The summed E-state index contributed by atoms with van der Waals surface area (Å²) in [4.78, 5) is 10.8. The van der Waals surface area contributed by atoms with Gasteiger partial charge in [0.2, 0.25) is 0 Å². The average Bonchev–Trinajstić information content (AvgIpc) is 2.39. The molecule has 0 bridgehead atoms. The van der Waals surface area contributed by atoms with Crippen LogP contribution >= 0.6 is 11.6 Å². The molecule has 0 radical (unpaired) electrons. The van der Waals surface area contributed by atoms with Crippen molar-refractivity contribution in [3.8, 4) is 0 Å². The topological polar surface area (TPSA) is 49.3 Å². The molecule has 2 rings (SSSR count). The van der Waals surface area contributed by atoms with Gasteiger partial charge in [-0.2, -0.15) is 0 Å². The number of anilines is 1. The van der Waals surface area contributed by atoms with Crippen molar-refractivity contribution in [2.24, 2.45) is 0 Å². The third-order valence-electron chi connectivity index (χ3n) is 2.64. The molecule has 98 valence electrons. The molecule has 2 aromatic carbocycles. The van der Waals surface area contributed by atoms with Crippen LogP contribution in [0.4, 0.5) is 10.1 Å². The largest absolute Gasteiger partial charge is 0.478 e. The number of carboxylic acids is 1. The zero-order chi connectivity index (χ0) is 13.8. The van der Waals surface area contributed by atoms with E-state index in [0.717, 1.165) is 11.6 Å². The Morgan fingerprint density at radius 1 is 1.26 bits per heavy atom. The van der Waals surface area contributed by atoms with E-state index in [1.807, 2.05) is 18.2 Å². The molecule has 0 heterocycles. The van der Waals surface area contributed by atoms with Crippen LogP contribution in [-0.4, -0.2) is 11.1 Å². The Bertz CT molecular complexity index is 616. The lowest BCUT2D eigenvalue weighted by Gasteiger charge is -2.09. The molecule has 0 saturated heterocycles. The number of hydrogen-bond donors (Lipinski definition) is 2. The predicted molar refractivity (Wildman–Crippen MR) is 72.1 cm³/mol. The molecule has 5 heteroatoms. The first-order valence-corrected chi connectivity index (χ1v) is 5.96. The van der Waals surface area contributed by atoms with Gasteiger partial charge in [0.05, 0.1) is 5.56 Å². The van der Waals surface area contributed by atoms with Gasteiger partial charge in [0.25, 0.3) is 0 Å². The van der Waals surface area contributed by atoms with Gasteiger partial charge in [-0.25, -0.2) is 9.18 Å². The van der Waals surface area contributed by atoms with E-state index in [1.54, 1.807) is 6.07 Å². The van der Waals surface area contributed by atoms with Crippen LogP contribution in [-0.2, 0) is 6.54 Å². The molecule has 19 heavy (non-hydrogen) atoms. The third kappa shape index (κ3) is 3.23. The molecule has 0 atom stereocenters. The van der Waals surface area contributed by atoms with E-state index in [0.29, 0.717) is 17.3 Å². The molecule has 0 spiro atoms. The molecule has 0 fully saturated rings. The summed E-state index contributed by atoms with van der Waals surface area (Å²) in [6, 6.07) is 11.2. The number of rotatable bonds is 4. The smallest absolute Gasteiger partial charge is 0.338 e. The standard InChI is InChI=1S/C14H11ClFNO2/c15-12-4-2-1-3-9(12)8-17-10-5-6-13(16)11(7-10)14(18)19/h1-7,17H,8H2,(H,18,19). The zero-order valence-electron chi connectivity index (χ0n) is 9.86. The highest BCUT2D eigenvalue weighted by atomic mass is 35.5. The number of hydrogen-bond acceptors (Lipinski definition) is 2. The van der Waals surface area contributed by atoms with E-state index in [9.17, 15) is 9.18 Å². The lowest BCUT2D eigenvalue weighted by atomic mass is 10.1. The SMILES string of the molecule is O=C(O)c1cc(NCc2ccccc2Cl)ccc1F. The first kappa shape index (κ1) is 13.4. The second-order valence-electron chi connectivity index (χ2n) is 3.94. The number of halogens is 2. The Balaban J connectivity index is 2.14. The van der Waals surface area contributed by atoms with Crippen LogP contribution in [0.2, 0.25) is 5.02 Å². The first-order chi connectivity index (χ1) is 9.08. The van der Waals surface area contributed by atoms with Crippen LogP contribution in [0.5, 0.6) is 0 Å². The van der Waals surface area contributed by atoms with Crippen molar-refractivity contribution in [2.45, 2.75) is 6.54 Å². The average molecular weight is 280 g/mol. The molecular formula is C14H11ClFNO2. The van der Waals surface area contributed by atoms with Crippen LogP contribution in [0.15, 0.2) is 42.5 Å². The molecule has 0 unspecified atom stereocenters. The maximum absolute atomic E-state index is 13.2. The number of carboxylic acid groups (broad SMARTS) is 1. The predicted octanol–water partition coefficient (Wildman–Crippen LogP) is 3.79. The fourth-order valence-corrected chi connectivity index (χ4v) is 1.84. The fourth-order valence-electron chi connectivity index (χ4n) is 1.64. The van der Waals surface area contributed by atoms with E-state index in [1.165, 1.54) is 12.1 Å². The lowest BCUT2D eigenvalue weighted by molar-refractivity contribution is 0.0692. The molecule has 0 aliphatic heterocycles. The van der Waals surface area contributed by atoms with Crippen LogP contribution < -0.4 is 5.32 Å². The van der Waals surface area contributed by atoms with Crippen molar-refractivity contribution in [1.29, 1.82) is 0 Å². The van der Waals surface area contributed by atoms with E-state index in [4.69, 9.17) is 16.7 Å². The minimum Gasteiger partial charge on any atom is -0.478 e. The highest BCUT2D eigenvalue weighted by molar-refractivity contribution is 6.31. The van der Waals surface area contributed by atoms with Crippen molar-refractivity contribution in [2.75, 3.05) is 5.32 Å². The Labute approximate surface area is 114 Å². The van der Waals surface area contributed by atoms with E-state index < -0.39 is 11.8 Å². The summed E-state index contributed by atoms with van der Waals surface area (Å²) in [7, 11) is 0. The zero-order valence-corrected chi connectivity index (χ0v) is 10.6. The summed E-state index contributed by atoms with van der Waals surface area (Å²) >= 11 is 6.00. The monoisotopic (exact) mass is 279 g/mol. The normalized spacial score (nSPS) is 10.2. The molecule has 0 amide bonds. The van der Waals surface area contributed by atoms with Crippen molar-refractivity contribution in [3.63, 3.8) is 0 Å². The van der Waals surface area contributed by atoms with Gasteiger partial charge >= 0.3 is 5.97 Å². The molecule has 0 aliphatic rings. The number of benzene rings is 2. The van der Waals surface area contributed by atoms with Gasteiger partial charge in [0.15, 0.2) is 0 Å². The Morgan fingerprint density at radius 3 is 2.68 bits per heavy atom. The van der Waals surface area contributed by atoms with Gasteiger partial charge < -0.3 is 10.4 Å². The van der Waals surface area contributed by atoms with Crippen LogP contribution in [0.3, 0.4) is 0 Å².